The maximum Gasteiger partial charge on any atom is 0.333 e. The number of allylic oxidation sites excluding steroid dienone is 1. The van der Waals surface area contributed by atoms with E-state index in [1.807, 2.05) is 30.3 Å². The van der Waals surface area contributed by atoms with Crippen molar-refractivity contribution in [2.75, 3.05) is 6.54 Å². The fraction of sp³-hybridized carbons (Fsp3) is 0.385. The van der Waals surface area contributed by atoms with Crippen molar-refractivity contribution in [3.8, 4) is 0 Å². The number of likely N-dealkylation sites (tertiary alicyclic amines) is 1. The van der Waals surface area contributed by atoms with E-state index in [0.29, 0.717) is 30.8 Å². The average molecular weight is 480 g/mol. The number of hydrogen-bond acceptors (Lipinski definition) is 6. The molecule has 9 nitrogen and oxygen atoms in total. The van der Waals surface area contributed by atoms with Gasteiger partial charge in [0.05, 0.1) is 10.5 Å². The molecule has 1 saturated heterocycles. The quantitative estimate of drug-likeness (QED) is 0.404. The van der Waals surface area contributed by atoms with Crippen molar-refractivity contribution in [1.82, 2.24) is 10.2 Å². The van der Waals surface area contributed by atoms with Gasteiger partial charge in [-0.2, -0.15) is 0 Å². The van der Waals surface area contributed by atoms with Crippen molar-refractivity contribution >= 4 is 17.6 Å². The van der Waals surface area contributed by atoms with Crippen LogP contribution in [0.2, 0.25) is 0 Å². The van der Waals surface area contributed by atoms with Crippen LogP contribution in [0.1, 0.15) is 43.7 Å². The smallest absolute Gasteiger partial charge is 0.333 e. The number of aliphatic carboxylic acids is 2. The summed E-state index contributed by atoms with van der Waals surface area (Å²) >= 11 is 0. The second kappa shape index (κ2) is 9.50. The fourth-order valence-corrected chi connectivity index (χ4v) is 6.08. The number of nitro groups is 1. The zero-order valence-electron chi connectivity index (χ0n) is 19.7. The first-order valence-corrected chi connectivity index (χ1v) is 11.6. The summed E-state index contributed by atoms with van der Waals surface area (Å²) in [5.41, 5.74) is -0.133. The van der Waals surface area contributed by atoms with E-state index in [0.717, 1.165) is 12.0 Å². The van der Waals surface area contributed by atoms with E-state index in [4.69, 9.17) is 0 Å². The Morgan fingerprint density at radius 3 is 2.51 bits per heavy atom. The summed E-state index contributed by atoms with van der Waals surface area (Å²) in [6, 6.07) is 14.3. The van der Waals surface area contributed by atoms with Crippen LogP contribution in [0, 0.1) is 15.5 Å². The minimum Gasteiger partial charge on any atom is -0.481 e. The molecule has 4 atom stereocenters. The van der Waals surface area contributed by atoms with Crippen molar-refractivity contribution < 1.29 is 24.7 Å². The number of carboxylic acids is 2. The molecule has 2 heterocycles. The summed E-state index contributed by atoms with van der Waals surface area (Å²) in [7, 11) is 0. The molecule has 9 heteroatoms. The number of carboxylic acid groups (broad SMARTS) is 2. The Kier molecular flexibility index (Phi) is 6.62. The third-order valence-electron chi connectivity index (χ3n) is 7.48. The minimum atomic E-state index is -1.58. The van der Waals surface area contributed by atoms with E-state index < -0.39 is 40.3 Å². The van der Waals surface area contributed by atoms with Crippen molar-refractivity contribution in [2.45, 2.75) is 51.2 Å². The number of rotatable bonds is 7. The molecule has 0 aliphatic carbocycles. The molecule has 0 radical (unpaired) electrons. The average Bonchev–Trinajstić information content (AvgIpc) is 3.27. The zero-order valence-corrected chi connectivity index (χ0v) is 19.7. The number of non-ortho nitro benzene ring substituents is 1. The van der Waals surface area contributed by atoms with Crippen LogP contribution in [0.4, 0.5) is 5.69 Å². The van der Waals surface area contributed by atoms with E-state index in [1.165, 1.54) is 18.2 Å². The minimum absolute atomic E-state index is 0.0717. The number of nitrogens with one attached hydrogen (secondary N) is 1. The molecule has 0 bridgehead atoms. The molecule has 2 unspecified atom stereocenters. The van der Waals surface area contributed by atoms with E-state index >= 15 is 0 Å². The molecule has 0 saturated carbocycles. The molecule has 1 fully saturated rings. The SMILES string of the molecule is CC1=C(C(=O)O)C(c2cccc([N+](=O)[O-])c2)C(C(=O)O)([C@@H]2CCCN2Cc2ccccc2)[C@H](C)N1. The molecule has 2 aliphatic rings. The highest BCUT2D eigenvalue weighted by Crippen LogP contribution is 2.54. The van der Waals surface area contributed by atoms with Gasteiger partial charge in [0.25, 0.3) is 5.69 Å². The molecule has 0 aromatic heterocycles. The molecular weight excluding hydrogens is 450 g/mol. The van der Waals surface area contributed by atoms with Crippen LogP contribution < -0.4 is 5.32 Å². The van der Waals surface area contributed by atoms with Gasteiger partial charge >= 0.3 is 11.9 Å². The van der Waals surface area contributed by atoms with Crippen molar-refractivity contribution in [2.24, 2.45) is 5.41 Å². The summed E-state index contributed by atoms with van der Waals surface area (Å²) < 4.78 is 0. The lowest BCUT2D eigenvalue weighted by Crippen LogP contribution is -2.64. The lowest BCUT2D eigenvalue weighted by atomic mass is 9.58. The fourth-order valence-electron chi connectivity index (χ4n) is 6.08. The summed E-state index contributed by atoms with van der Waals surface area (Å²) in [6.45, 7) is 4.58. The molecular formula is C26H29N3O6. The first-order valence-electron chi connectivity index (χ1n) is 11.6. The summed E-state index contributed by atoms with van der Waals surface area (Å²) in [6.07, 6.45) is 1.34. The van der Waals surface area contributed by atoms with Gasteiger partial charge in [-0.3, -0.25) is 19.8 Å². The topological polar surface area (TPSA) is 133 Å². The second-order valence-corrected chi connectivity index (χ2v) is 9.35. The molecule has 0 amide bonds. The normalized spacial score (nSPS) is 26.9. The maximum absolute atomic E-state index is 13.3. The highest BCUT2D eigenvalue weighted by Gasteiger charge is 2.62. The van der Waals surface area contributed by atoms with Gasteiger partial charge in [0.1, 0.15) is 5.41 Å². The van der Waals surface area contributed by atoms with E-state index in [2.05, 4.69) is 10.2 Å². The van der Waals surface area contributed by atoms with Crippen LogP contribution in [0.5, 0.6) is 0 Å². The molecule has 2 aromatic rings. The highest BCUT2D eigenvalue weighted by molar-refractivity contribution is 5.93. The van der Waals surface area contributed by atoms with Crippen LogP contribution in [-0.4, -0.2) is 50.6 Å². The number of nitrogens with zero attached hydrogens (tertiary/aromatic N) is 2. The van der Waals surface area contributed by atoms with Gasteiger partial charge in [0.2, 0.25) is 0 Å². The lowest BCUT2D eigenvalue weighted by molar-refractivity contribution is -0.384. The van der Waals surface area contributed by atoms with Crippen LogP contribution in [0.25, 0.3) is 0 Å². The molecule has 0 spiro atoms. The zero-order chi connectivity index (χ0) is 25.3. The van der Waals surface area contributed by atoms with Gasteiger partial charge in [0, 0.05) is 42.4 Å². The highest BCUT2D eigenvalue weighted by atomic mass is 16.6. The Labute approximate surface area is 203 Å². The Hall–Kier alpha value is -3.72. The van der Waals surface area contributed by atoms with Gasteiger partial charge in [0.15, 0.2) is 0 Å². The first kappa shape index (κ1) is 24.4. The molecule has 2 aromatic carbocycles. The Morgan fingerprint density at radius 1 is 1.17 bits per heavy atom. The molecule has 4 rings (SSSR count). The Morgan fingerprint density at radius 2 is 1.89 bits per heavy atom. The number of carbonyl (C=O) groups is 2. The molecule has 35 heavy (non-hydrogen) atoms. The third kappa shape index (κ3) is 4.16. The van der Waals surface area contributed by atoms with Gasteiger partial charge in [-0.25, -0.2) is 4.79 Å². The molecule has 3 N–H and O–H groups in total. The van der Waals surface area contributed by atoms with Crippen molar-refractivity contribution in [1.29, 1.82) is 0 Å². The largest absolute Gasteiger partial charge is 0.481 e. The summed E-state index contributed by atoms with van der Waals surface area (Å²) in [4.78, 5) is 39.0. The predicted molar refractivity (Wildman–Crippen MR) is 129 cm³/mol. The number of hydrogen-bond donors (Lipinski definition) is 3. The van der Waals surface area contributed by atoms with Gasteiger partial charge in [-0.15, -0.1) is 0 Å². The molecule has 2 aliphatic heterocycles. The Balaban J connectivity index is 1.93. The first-order chi connectivity index (χ1) is 16.7. The van der Waals surface area contributed by atoms with Gasteiger partial charge in [-0.1, -0.05) is 42.5 Å². The lowest BCUT2D eigenvalue weighted by Gasteiger charge is -2.52. The van der Waals surface area contributed by atoms with E-state index in [9.17, 15) is 29.9 Å². The number of nitro benzene ring substituents is 1. The monoisotopic (exact) mass is 479 g/mol. The van der Waals surface area contributed by atoms with Gasteiger partial charge in [-0.05, 0) is 44.4 Å². The van der Waals surface area contributed by atoms with Crippen LogP contribution in [-0.2, 0) is 16.1 Å². The summed E-state index contributed by atoms with van der Waals surface area (Å²) in [5, 5.41) is 35.8. The predicted octanol–water partition coefficient (Wildman–Crippen LogP) is 3.76. The van der Waals surface area contributed by atoms with Crippen LogP contribution >= 0.6 is 0 Å². The van der Waals surface area contributed by atoms with Crippen molar-refractivity contribution in [3.05, 3.63) is 87.1 Å². The standard InChI is InChI=1S/C26H29N3O6/c1-16-22(24(30)31)23(19-10-6-11-20(14-19)29(34)35)26(25(32)33,17(2)27-16)21-12-7-13-28(21)15-18-8-4-3-5-9-18/h3-6,8-11,14,17,21,23,27H,7,12-13,15H2,1-2H3,(H,30,31)(H,32,33)/t17-,21-,23?,26?/m0/s1. The van der Waals surface area contributed by atoms with E-state index in [-0.39, 0.29) is 11.3 Å². The van der Waals surface area contributed by atoms with Crippen LogP contribution in [0.15, 0.2) is 65.9 Å². The number of benzene rings is 2. The van der Waals surface area contributed by atoms with Gasteiger partial charge < -0.3 is 15.5 Å². The molecule has 184 valence electrons. The third-order valence-corrected chi connectivity index (χ3v) is 7.48. The van der Waals surface area contributed by atoms with Crippen LogP contribution in [0.3, 0.4) is 0 Å². The Bertz CT molecular complexity index is 1180. The summed E-state index contributed by atoms with van der Waals surface area (Å²) in [5.74, 6) is -3.45. The maximum atomic E-state index is 13.3. The van der Waals surface area contributed by atoms with Crippen molar-refractivity contribution in [3.63, 3.8) is 0 Å². The van der Waals surface area contributed by atoms with E-state index in [1.54, 1.807) is 19.9 Å². The second-order valence-electron chi connectivity index (χ2n) is 9.35.